The van der Waals surface area contributed by atoms with E-state index in [-0.39, 0.29) is 36.1 Å². The van der Waals surface area contributed by atoms with Crippen LogP contribution in [0.5, 0.6) is 0 Å². The van der Waals surface area contributed by atoms with Gasteiger partial charge in [0.15, 0.2) is 11.7 Å². The van der Waals surface area contributed by atoms with Crippen LogP contribution in [0.3, 0.4) is 0 Å². The molecule has 0 radical (unpaired) electrons. The Morgan fingerprint density at radius 2 is 2.23 bits per heavy atom. The number of aryl methyl sites for hydroxylation is 1. The standard InChI is InChI=1S/C15H17F2N3O2/c1-9(7-18)20-14(21)4-5-15-19-8-13(22-15)11-3-2-10(16)6-12(11)17/h2-3,6,8-9H,4-5,7,18H2,1H3,(H,20,21)/t9-/m0/s1. The molecule has 0 aliphatic rings. The van der Waals surface area contributed by atoms with E-state index in [0.717, 1.165) is 12.1 Å². The van der Waals surface area contributed by atoms with E-state index in [4.69, 9.17) is 10.2 Å². The molecule has 1 aromatic carbocycles. The average molecular weight is 309 g/mol. The van der Waals surface area contributed by atoms with Crippen molar-refractivity contribution in [3.63, 3.8) is 0 Å². The van der Waals surface area contributed by atoms with Gasteiger partial charge >= 0.3 is 0 Å². The highest BCUT2D eigenvalue weighted by atomic mass is 19.1. The summed E-state index contributed by atoms with van der Waals surface area (Å²) in [6.45, 7) is 2.16. The summed E-state index contributed by atoms with van der Waals surface area (Å²) in [5.74, 6) is -1.04. The predicted molar refractivity (Wildman–Crippen MR) is 76.8 cm³/mol. The van der Waals surface area contributed by atoms with Crippen LogP contribution in [0.1, 0.15) is 19.2 Å². The topological polar surface area (TPSA) is 81.1 Å². The van der Waals surface area contributed by atoms with E-state index in [1.54, 1.807) is 6.92 Å². The fourth-order valence-corrected chi connectivity index (χ4v) is 1.87. The Morgan fingerprint density at radius 3 is 2.91 bits per heavy atom. The second kappa shape index (κ2) is 7.13. The Labute approximate surface area is 126 Å². The largest absolute Gasteiger partial charge is 0.441 e. The molecular formula is C15H17F2N3O2. The highest BCUT2D eigenvalue weighted by Crippen LogP contribution is 2.24. The average Bonchev–Trinajstić information content (AvgIpc) is 2.93. The molecule has 0 bridgehead atoms. The van der Waals surface area contributed by atoms with Crippen molar-refractivity contribution in [2.75, 3.05) is 6.54 Å². The Kier molecular flexibility index (Phi) is 5.21. The van der Waals surface area contributed by atoms with Gasteiger partial charge in [0.25, 0.3) is 0 Å². The second-order valence-electron chi connectivity index (χ2n) is 4.95. The predicted octanol–water partition coefficient (Wildman–Crippen LogP) is 2.02. The fraction of sp³-hybridized carbons (Fsp3) is 0.333. The van der Waals surface area contributed by atoms with Gasteiger partial charge in [0, 0.05) is 31.5 Å². The number of carbonyl (C=O) groups excluding carboxylic acids is 1. The molecular weight excluding hydrogens is 292 g/mol. The number of rotatable bonds is 6. The maximum Gasteiger partial charge on any atom is 0.220 e. The van der Waals surface area contributed by atoms with Gasteiger partial charge in [-0.3, -0.25) is 4.79 Å². The van der Waals surface area contributed by atoms with Gasteiger partial charge in [-0.15, -0.1) is 0 Å². The number of oxazole rings is 1. The van der Waals surface area contributed by atoms with E-state index in [1.165, 1.54) is 12.3 Å². The fourth-order valence-electron chi connectivity index (χ4n) is 1.87. The van der Waals surface area contributed by atoms with Crippen LogP contribution in [0.25, 0.3) is 11.3 Å². The molecule has 0 unspecified atom stereocenters. The number of carbonyl (C=O) groups is 1. The first-order chi connectivity index (χ1) is 10.5. The number of nitrogens with two attached hydrogens (primary N) is 1. The number of nitrogens with zero attached hydrogens (tertiary/aromatic N) is 1. The number of amides is 1. The van der Waals surface area contributed by atoms with Crippen LogP contribution in [0.4, 0.5) is 8.78 Å². The van der Waals surface area contributed by atoms with Gasteiger partial charge in [-0.05, 0) is 19.1 Å². The highest BCUT2D eigenvalue weighted by Gasteiger charge is 2.13. The third-order valence-electron chi connectivity index (χ3n) is 3.08. The van der Waals surface area contributed by atoms with Gasteiger partial charge in [0.05, 0.1) is 11.8 Å². The van der Waals surface area contributed by atoms with Crippen LogP contribution in [0.15, 0.2) is 28.8 Å². The van der Waals surface area contributed by atoms with Gasteiger partial charge in [-0.2, -0.15) is 0 Å². The van der Waals surface area contributed by atoms with Gasteiger partial charge < -0.3 is 15.5 Å². The third-order valence-corrected chi connectivity index (χ3v) is 3.08. The van der Waals surface area contributed by atoms with Gasteiger partial charge in [-0.25, -0.2) is 13.8 Å². The smallest absolute Gasteiger partial charge is 0.220 e. The Hall–Kier alpha value is -2.28. The molecule has 5 nitrogen and oxygen atoms in total. The summed E-state index contributed by atoms with van der Waals surface area (Å²) < 4.78 is 31.9. The number of hydrogen-bond donors (Lipinski definition) is 2. The lowest BCUT2D eigenvalue weighted by atomic mass is 10.2. The molecule has 3 N–H and O–H groups in total. The molecule has 2 rings (SSSR count). The zero-order chi connectivity index (χ0) is 16.1. The van der Waals surface area contributed by atoms with Crippen molar-refractivity contribution >= 4 is 5.91 Å². The lowest BCUT2D eigenvalue weighted by Crippen LogP contribution is -2.37. The van der Waals surface area contributed by atoms with Crippen LogP contribution in [0, 0.1) is 11.6 Å². The van der Waals surface area contributed by atoms with Crippen molar-refractivity contribution in [1.29, 1.82) is 0 Å². The van der Waals surface area contributed by atoms with Gasteiger partial charge in [0.1, 0.15) is 11.6 Å². The maximum atomic E-state index is 13.6. The third kappa shape index (κ3) is 4.11. The summed E-state index contributed by atoms with van der Waals surface area (Å²) in [7, 11) is 0. The van der Waals surface area contributed by atoms with Crippen LogP contribution < -0.4 is 11.1 Å². The zero-order valence-electron chi connectivity index (χ0n) is 12.1. The first kappa shape index (κ1) is 16.1. The first-order valence-corrected chi connectivity index (χ1v) is 6.89. The van der Waals surface area contributed by atoms with Crippen molar-refractivity contribution in [1.82, 2.24) is 10.3 Å². The van der Waals surface area contributed by atoms with Crippen molar-refractivity contribution < 1.29 is 18.0 Å². The molecule has 0 aliphatic carbocycles. The molecule has 0 saturated carbocycles. The van der Waals surface area contributed by atoms with E-state index < -0.39 is 11.6 Å². The molecule has 1 heterocycles. The molecule has 0 spiro atoms. The number of aromatic nitrogens is 1. The lowest BCUT2D eigenvalue weighted by molar-refractivity contribution is -0.121. The molecule has 7 heteroatoms. The Morgan fingerprint density at radius 1 is 1.45 bits per heavy atom. The summed E-state index contributed by atoms with van der Waals surface area (Å²) in [4.78, 5) is 15.6. The molecule has 22 heavy (non-hydrogen) atoms. The van der Waals surface area contributed by atoms with E-state index in [1.807, 2.05) is 0 Å². The van der Waals surface area contributed by atoms with E-state index in [2.05, 4.69) is 10.3 Å². The summed E-state index contributed by atoms with van der Waals surface area (Å²) in [5.41, 5.74) is 5.54. The van der Waals surface area contributed by atoms with Gasteiger partial charge in [-0.1, -0.05) is 0 Å². The summed E-state index contributed by atoms with van der Waals surface area (Å²) in [5, 5.41) is 2.72. The van der Waals surface area contributed by atoms with Crippen LogP contribution in [-0.2, 0) is 11.2 Å². The highest BCUT2D eigenvalue weighted by molar-refractivity contribution is 5.76. The Balaban J connectivity index is 1.98. The molecule has 2 aromatic rings. The monoisotopic (exact) mass is 309 g/mol. The van der Waals surface area contributed by atoms with Crippen LogP contribution in [0.2, 0.25) is 0 Å². The van der Waals surface area contributed by atoms with E-state index >= 15 is 0 Å². The zero-order valence-corrected chi connectivity index (χ0v) is 12.1. The van der Waals surface area contributed by atoms with Crippen LogP contribution in [-0.4, -0.2) is 23.5 Å². The molecule has 1 amide bonds. The van der Waals surface area contributed by atoms with Crippen molar-refractivity contribution in [3.8, 4) is 11.3 Å². The summed E-state index contributed by atoms with van der Waals surface area (Å²) >= 11 is 0. The minimum absolute atomic E-state index is 0.0964. The number of halogens is 2. The van der Waals surface area contributed by atoms with E-state index in [9.17, 15) is 13.6 Å². The molecule has 1 atom stereocenters. The van der Waals surface area contributed by atoms with E-state index in [0.29, 0.717) is 12.4 Å². The summed E-state index contributed by atoms with van der Waals surface area (Å²) in [6.07, 6.45) is 1.83. The molecule has 1 aromatic heterocycles. The van der Waals surface area contributed by atoms with Crippen molar-refractivity contribution in [2.45, 2.75) is 25.8 Å². The number of nitrogens with one attached hydrogen (secondary N) is 1. The van der Waals surface area contributed by atoms with Crippen molar-refractivity contribution in [3.05, 3.63) is 41.9 Å². The molecule has 0 aliphatic heterocycles. The maximum absolute atomic E-state index is 13.6. The van der Waals surface area contributed by atoms with Crippen molar-refractivity contribution in [2.24, 2.45) is 5.73 Å². The molecule has 0 fully saturated rings. The second-order valence-corrected chi connectivity index (χ2v) is 4.95. The Bertz CT molecular complexity index is 658. The molecule has 118 valence electrons. The normalized spacial score (nSPS) is 12.2. The number of hydrogen-bond acceptors (Lipinski definition) is 4. The van der Waals surface area contributed by atoms with Crippen LogP contribution >= 0.6 is 0 Å². The summed E-state index contributed by atoms with van der Waals surface area (Å²) in [6, 6.07) is 3.10. The SMILES string of the molecule is C[C@@H](CN)NC(=O)CCc1ncc(-c2ccc(F)cc2F)o1. The first-order valence-electron chi connectivity index (χ1n) is 6.89. The minimum atomic E-state index is -0.725. The lowest BCUT2D eigenvalue weighted by Gasteiger charge is -2.10. The quantitative estimate of drug-likeness (QED) is 0.855. The molecule has 0 saturated heterocycles. The number of benzene rings is 1. The van der Waals surface area contributed by atoms with Gasteiger partial charge in [0.2, 0.25) is 5.91 Å². The minimum Gasteiger partial charge on any atom is -0.441 e.